The van der Waals surface area contributed by atoms with E-state index in [1.54, 1.807) is 0 Å². The number of rotatable bonds is 4. The van der Waals surface area contributed by atoms with Gasteiger partial charge in [0.25, 0.3) is 5.78 Å². The van der Waals surface area contributed by atoms with Crippen molar-refractivity contribution < 1.29 is 28.6 Å². The molecule has 0 heterocycles. The quantitative estimate of drug-likeness (QED) is 0.656. The number of carboxylic acid groups (broad SMARTS) is 1. The number of carbonyl (C=O) groups is 2. The predicted molar refractivity (Wildman–Crippen MR) is 60.9 cm³/mol. The molecule has 0 spiro atoms. The fourth-order valence-electron chi connectivity index (χ4n) is 1.78. The van der Waals surface area contributed by atoms with Crippen molar-refractivity contribution in [1.82, 2.24) is 0 Å². The van der Waals surface area contributed by atoms with Gasteiger partial charge < -0.3 is 14.6 Å². The van der Waals surface area contributed by atoms with Crippen LogP contribution in [0, 0.1) is 19.7 Å². The van der Waals surface area contributed by atoms with E-state index in [-0.39, 0.29) is 28.2 Å². The van der Waals surface area contributed by atoms with Crippen LogP contribution in [0.4, 0.5) is 4.39 Å². The number of methoxy groups -OCH3 is 2. The van der Waals surface area contributed by atoms with Crippen molar-refractivity contribution in [3.05, 3.63) is 22.5 Å². The zero-order valence-corrected chi connectivity index (χ0v) is 10.5. The third-order valence-electron chi connectivity index (χ3n) is 2.64. The van der Waals surface area contributed by atoms with Gasteiger partial charge in [0.2, 0.25) is 0 Å². The van der Waals surface area contributed by atoms with E-state index in [2.05, 4.69) is 0 Å². The molecule has 0 fully saturated rings. The van der Waals surface area contributed by atoms with Crippen molar-refractivity contribution in [3.8, 4) is 11.5 Å². The molecule has 6 heteroatoms. The molecule has 98 valence electrons. The monoisotopic (exact) mass is 256 g/mol. The highest BCUT2D eigenvalue weighted by Gasteiger charge is 2.28. The summed E-state index contributed by atoms with van der Waals surface area (Å²) in [6.07, 6.45) is 0. The van der Waals surface area contributed by atoms with Gasteiger partial charge in [0.05, 0.1) is 19.8 Å². The molecule has 0 amide bonds. The summed E-state index contributed by atoms with van der Waals surface area (Å²) >= 11 is 0. The third-order valence-corrected chi connectivity index (χ3v) is 2.64. The standard InChI is InChI=1S/C12H13FO5/c1-5-7(9(14)12(15)16)10(17-3)6(2)8(13)11(5)18-4/h1-4H3,(H,15,16). The van der Waals surface area contributed by atoms with Crippen LogP contribution >= 0.6 is 0 Å². The van der Waals surface area contributed by atoms with Gasteiger partial charge in [-0.05, 0) is 13.8 Å². The highest BCUT2D eigenvalue weighted by Crippen LogP contribution is 2.37. The first-order chi connectivity index (χ1) is 8.36. The topological polar surface area (TPSA) is 72.8 Å². The van der Waals surface area contributed by atoms with Crippen LogP contribution in [0.5, 0.6) is 11.5 Å². The molecule has 0 bridgehead atoms. The summed E-state index contributed by atoms with van der Waals surface area (Å²) in [6, 6.07) is 0. The van der Waals surface area contributed by atoms with Gasteiger partial charge in [0, 0.05) is 11.1 Å². The summed E-state index contributed by atoms with van der Waals surface area (Å²) in [4.78, 5) is 22.4. The van der Waals surface area contributed by atoms with E-state index in [0.29, 0.717) is 0 Å². The summed E-state index contributed by atoms with van der Waals surface area (Å²) in [7, 11) is 2.48. The first-order valence-electron chi connectivity index (χ1n) is 5.05. The second kappa shape index (κ2) is 5.03. The van der Waals surface area contributed by atoms with Crippen molar-refractivity contribution in [2.45, 2.75) is 13.8 Å². The molecule has 0 aliphatic heterocycles. The summed E-state index contributed by atoms with van der Waals surface area (Å²) in [5.41, 5.74) is -0.0600. The Labute approximate surface area is 103 Å². The number of ketones is 1. The van der Waals surface area contributed by atoms with Crippen molar-refractivity contribution in [3.63, 3.8) is 0 Å². The summed E-state index contributed by atoms with van der Waals surface area (Å²) < 4.78 is 23.7. The van der Waals surface area contributed by atoms with Gasteiger partial charge in [-0.15, -0.1) is 0 Å². The van der Waals surface area contributed by atoms with Gasteiger partial charge in [-0.2, -0.15) is 0 Å². The van der Waals surface area contributed by atoms with E-state index in [9.17, 15) is 14.0 Å². The molecule has 1 aromatic carbocycles. The molecule has 0 aliphatic rings. The van der Waals surface area contributed by atoms with E-state index >= 15 is 0 Å². The van der Waals surface area contributed by atoms with Gasteiger partial charge in [-0.25, -0.2) is 9.18 Å². The number of Topliss-reactive ketones (excluding diaryl/α,β-unsaturated/α-hetero) is 1. The van der Waals surface area contributed by atoms with E-state index in [4.69, 9.17) is 14.6 Å². The molecule has 18 heavy (non-hydrogen) atoms. The van der Waals surface area contributed by atoms with Crippen LogP contribution in [0.2, 0.25) is 0 Å². The molecular weight excluding hydrogens is 243 g/mol. The van der Waals surface area contributed by atoms with Crippen LogP contribution in [0.3, 0.4) is 0 Å². The van der Waals surface area contributed by atoms with Crippen molar-refractivity contribution in [1.29, 1.82) is 0 Å². The zero-order chi connectivity index (χ0) is 14.0. The number of ether oxygens (including phenoxy) is 2. The molecule has 5 nitrogen and oxygen atoms in total. The molecule has 1 N–H and O–H groups in total. The molecule has 0 unspecified atom stereocenters. The fraction of sp³-hybridized carbons (Fsp3) is 0.333. The molecule has 1 aromatic rings. The van der Waals surface area contributed by atoms with Gasteiger partial charge in [-0.1, -0.05) is 0 Å². The Morgan fingerprint density at radius 3 is 1.94 bits per heavy atom. The number of hydrogen-bond acceptors (Lipinski definition) is 4. The van der Waals surface area contributed by atoms with Crippen LogP contribution in [0.1, 0.15) is 21.5 Å². The predicted octanol–water partition coefficient (Wildman–Crippen LogP) is 1.73. The Morgan fingerprint density at radius 1 is 1.06 bits per heavy atom. The highest BCUT2D eigenvalue weighted by molar-refractivity contribution is 6.41. The van der Waals surface area contributed by atoms with Crippen LogP contribution in [0.15, 0.2) is 0 Å². The van der Waals surface area contributed by atoms with Crippen LogP contribution < -0.4 is 9.47 Å². The smallest absolute Gasteiger partial charge is 0.377 e. The lowest BCUT2D eigenvalue weighted by atomic mass is 9.98. The number of aliphatic carboxylic acids is 1. The highest BCUT2D eigenvalue weighted by atomic mass is 19.1. The summed E-state index contributed by atoms with van der Waals surface area (Å²) in [5, 5.41) is 8.76. The molecule has 0 radical (unpaired) electrons. The number of benzene rings is 1. The third kappa shape index (κ3) is 2.01. The molecule has 0 saturated heterocycles. The normalized spacial score (nSPS) is 10.1. The molecule has 0 aromatic heterocycles. The second-order valence-corrected chi connectivity index (χ2v) is 3.64. The van der Waals surface area contributed by atoms with Gasteiger partial charge >= 0.3 is 5.97 Å². The Morgan fingerprint density at radius 2 is 1.56 bits per heavy atom. The Kier molecular flexibility index (Phi) is 3.90. The first kappa shape index (κ1) is 14.0. The Balaban J connectivity index is 3.73. The van der Waals surface area contributed by atoms with Gasteiger partial charge in [-0.3, -0.25) is 4.79 Å². The van der Waals surface area contributed by atoms with Crippen LogP contribution in [-0.2, 0) is 4.79 Å². The van der Waals surface area contributed by atoms with Crippen LogP contribution in [-0.4, -0.2) is 31.1 Å². The molecular formula is C12H13FO5. The van der Waals surface area contributed by atoms with Crippen molar-refractivity contribution in [2.75, 3.05) is 14.2 Å². The minimum Gasteiger partial charge on any atom is -0.496 e. The molecule has 0 atom stereocenters. The molecule has 0 saturated carbocycles. The number of halogens is 1. The summed E-state index contributed by atoms with van der Waals surface area (Å²) in [5.74, 6) is -3.71. The molecule has 0 aliphatic carbocycles. The minimum atomic E-state index is -1.63. The zero-order valence-electron chi connectivity index (χ0n) is 10.5. The number of carbonyl (C=O) groups excluding carboxylic acids is 1. The molecule has 1 rings (SSSR count). The SMILES string of the molecule is COc1c(C)c(C(=O)C(=O)O)c(OC)c(C)c1F. The lowest BCUT2D eigenvalue weighted by molar-refractivity contribution is -0.131. The van der Waals surface area contributed by atoms with Gasteiger partial charge in [0.1, 0.15) is 5.75 Å². The first-order valence-corrected chi connectivity index (χ1v) is 5.05. The van der Waals surface area contributed by atoms with Crippen molar-refractivity contribution >= 4 is 11.8 Å². The Hall–Kier alpha value is -2.11. The van der Waals surface area contributed by atoms with E-state index in [1.165, 1.54) is 28.1 Å². The van der Waals surface area contributed by atoms with E-state index in [0.717, 1.165) is 0 Å². The maximum absolute atomic E-state index is 13.9. The second-order valence-electron chi connectivity index (χ2n) is 3.64. The average Bonchev–Trinajstić information content (AvgIpc) is 2.33. The maximum atomic E-state index is 13.9. The maximum Gasteiger partial charge on any atom is 0.377 e. The largest absolute Gasteiger partial charge is 0.496 e. The lowest BCUT2D eigenvalue weighted by Crippen LogP contribution is -2.17. The minimum absolute atomic E-state index is 0.0320. The van der Waals surface area contributed by atoms with Gasteiger partial charge in [0.15, 0.2) is 11.6 Å². The van der Waals surface area contributed by atoms with E-state index < -0.39 is 17.6 Å². The van der Waals surface area contributed by atoms with Crippen molar-refractivity contribution in [2.24, 2.45) is 0 Å². The number of hydrogen-bond donors (Lipinski definition) is 1. The number of carboxylic acids is 1. The van der Waals surface area contributed by atoms with E-state index in [1.807, 2.05) is 0 Å². The average molecular weight is 256 g/mol. The lowest BCUT2D eigenvalue weighted by Gasteiger charge is -2.16. The summed E-state index contributed by atoms with van der Waals surface area (Å²) in [6.45, 7) is 2.79. The van der Waals surface area contributed by atoms with Crippen LogP contribution in [0.25, 0.3) is 0 Å². The Bertz CT molecular complexity index is 522. The fourth-order valence-corrected chi connectivity index (χ4v) is 1.78.